The summed E-state index contributed by atoms with van der Waals surface area (Å²) in [6.45, 7) is 2.12. The van der Waals surface area contributed by atoms with Gasteiger partial charge in [-0.2, -0.15) is 5.26 Å². The number of nitrogens with zero attached hydrogens (tertiary/aromatic N) is 1. The predicted octanol–water partition coefficient (Wildman–Crippen LogP) is 3.09. The van der Waals surface area contributed by atoms with Crippen LogP contribution in [0.15, 0.2) is 0 Å². The maximum atomic E-state index is 8.22. The molecule has 0 aliphatic heterocycles. The molecule has 0 radical (unpaired) electrons. The SMILES string of the molecule is CCCC(Cl)CCCC#N. The molecule has 0 amide bonds. The van der Waals surface area contributed by atoms with E-state index >= 15 is 0 Å². The molecule has 0 aromatic carbocycles. The van der Waals surface area contributed by atoms with E-state index in [1.54, 1.807) is 0 Å². The van der Waals surface area contributed by atoms with Crippen molar-refractivity contribution in [3.63, 3.8) is 0 Å². The van der Waals surface area contributed by atoms with Gasteiger partial charge in [-0.15, -0.1) is 11.6 Å². The van der Waals surface area contributed by atoms with Crippen LogP contribution in [-0.2, 0) is 0 Å². The predicted molar refractivity (Wildman–Crippen MR) is 44.0 cm³/mol. The highest BCUT2D eigenvalue weighted by Gasteiger charge is 2.00. The molecule has 10 heavy (non-hydrogen) atoms. The van der Waals surface area contributed by atoms with Crippen LogP contribution >= 0.6 is 11.6 Å². The Balaban J connectivity index is 3.06. The molecule has 1 unspecified atom stereocenters. The fourth-order valence-corrected chi connectivity index (χ4v) is 1.23. The van der Waals surface area contributed by atoms with Gasteiger partial charge in [0.25, 0.3) is 0 Å². The van der Waals surface area contributed by atoms with Crippen LogP contribution in [0.1, 0.15) is 39.0 Å². The zero-order chi connectivity index (χ0) is 7.82. The van der Waals surface area contributed by atoms with Crippen molar-refractivity contribution in [1.29, 1.82) is 5.26 Å². The summed E-state index contributed by atoms with van der Waals surface area (Å²) < 4.78 is 0. The number of halogens is 1. The van der Waals surface area contributed by atoms with Gasteiger partial charge in [-0.25, -0.2) is 0 Å². The Labute approximate surface area is 68.0 Å². The number of alkyl halides is 1. The van der Waals surface area contributed by atoms with Gasteiger partial charge in [-0.05, 0) is 19.3 Å². The second-order valence-corrected chi connectivity index (χ2v) is 3.05. The Morgan fingerprint density at radius 1 is 1.50 bits per heavy atom. The highest BCUT2D eigenvalue weighted by Crippen LogP contribution is 2.12. The Morgan fingerprint density at radius 3 is 2.70 bits per heavy atom. The largest absolute Gasteiger partial charge is 0.198 e. The summed E-state index contributed by atoms with van der Waals surface area (Å²) in [6, 6.07) is 2.11. The zero-order valence-electron chi connectivity index (χ0n) is 6.44. The van der Waals surface area contributed by atoms with Gasteiger partial charge in [0.2, 0.25) is 0 Å². The van der Waals surface area contributed by atoms with Crippen molar-refractivity contribution in [3.05, 3.63) is 0 Å². The van der Waals surface area contributed by atoms with Crippen LogP contribution < -0.4 is 0 Å². The van der Waals surface area contributed by atoms with Gasteiger partial charge in [0.05, 0.1) is 6.07 Å². The third kappa shape index (κ3) is 5.91. The average Bonchev–Trinajstić information content (AvgIpc) is 1.89. The summed E-state index contributed by atoms with van der Waals surface area (Å²) in [7, 11) is 0. The van der Waals surface area contributed by atoms with Gasteiger partial charge in [0.1, 0.15) is 0 Å². The summed E-state index contributed by atoms with van der Waals surface area (Å²) in [5, 5.41) is 8.51. The first-order valence-electron chi connectivity index (χ1n) is 3.82. The lowest BCUT2D eigenvalue weighted by molar-refractivity contribution is 0.648. The normalized spacial score (nSPS) is 12.5. The molecule has 0 fully saturated rings. The smallest absolute Gasteiger partial charge is 0.0621 e. The molecule has 0 aromatic rings. The average molecular weight is 160 g/mol. The van der Waals surface area contributed by atoms with Crippen LogP contribution in [0.2, 0.25) is 0 Å². The van der Waals surface area contributed by atoms with Gasteiger partial charge < -0.3 is 0 Å². The molecule has 0 bridgehead atoms. The molecule has 0 N–H and O–H groups in total. The van der Waals surface area contributed by atoms with E-state index in [2.05, 4.69) is 13.0 Å². The van der Waals surface area contributed by atoms with Crippen molar-refractivity contribution in [2.45, 2.75) is 44.4 Å². The van der Waals surface area contributed by atoms with E-state index < -0.39 is 0 Å². The standard InChI is InChI=1S/C8H14ClN/c1-2-5-8(9)6-3-4-7-10/h8H,2-6H2,1H3. The zero-order valence-corrected chi connectivity index (χ0v) is 7.19. The monoisotopic (exact) mass is 159 g/mol. The molecule has 0 saturated carbocycles. The van der Waals surface area contributed by atoms with Crippen LogP contribution in [0.5, 0.6) is 0 Å². The Morgan fingerprint density at radius 2 is 2.20 bits per heavy atom. The summed E-state index contributed by atoms with van der Waals surface area (Å²) in [5.74, 6) is 0. The number of hydrogen-bond donors (Lipinski definition) is 0. The highest BCUT2D eigenvalue weighted by molar-refractivity contribution is 6.20. The topological polar surface area (TPSA) is 23.8 Å². The number of unbranched alkanes of at least 4 members (excludes halogenated alkanes) is 1. The second-order valence-electron chi connectivity index (χ2n) is 2.44. The quantitative estimate of drug-likeness (QED) is 0.447. The third-order valence-corrected chi connectivity index (χ3v) is 1.84. The Kier molecular flexibility index (Phi) is 6.74. The molecular weight excluding hydrogens is 146 g/mol. The van der Waals surface area contributed by atoms with Crippen LogP contribution in [0.3, 0.4) is 0 Å². The molecule has 2 heteroatoms. The molecule has 0 heterocycles. The summed E-state index contributed by atoms with van der Waals surface area (Å²) in [5.41, 5.74) is 0. The first-order chi connectivity index (χ1) is 4.81. The van der Waals surface area contributed by atoms with Crippen molar-refractivity contribution < 1.29 is 0 Å². The first-order valence-corrected chi connectivity index (χ1v) is 4.26. The maximum absolute atomic E-state index is 8.22. The molecule has 0 spiro atoms. The molecule has 1 nitrogen and oxygen atoms in total. The molecule has 0 aliphatic rings. The molecule has 1 atom stereocenters. The minimum Gasteiger partial charge on any atom is -0.198 e. The minimum atomic E-state index is 0.290. The summed E-state index contributed by atoms with van der Waals surface area (Å²) in [4.78, 5) is 0. The summed E-state index contributed by atoms with van der Waals surface area (Å²) in [6.07, 6.45) is 4.80. The van der Waals surface area contributed by atoms with Gasteiger partial charge >= 0.3 is 0 Å². The molecule has 0 rings (SSSR count). The van der Waals surface area contributed by atoms with Crippen molar-refractivity contribution >= 4 is 11.6 Å². The fraction of sp³-hybridized carbons (Fsp3) is 0.875. The van der Waals surface area contributed by atoms with E-state index in [1.165, 1.54) is 0 Å². The third-order valence-electron chi connectivity index (χ3n) is 1.41. The van der Waals surface area contributed by atoms with Gasteiger partial charge in [0, 0.05) is 11.8 Å². The van der Waals surface area contributed by atoms with Crippen molar-refractivity contribution in [1.82, 2.24) is 0 Å². The van der Waals surface area contributed by atoms with Crippen LogP contribution in [0, 0.1) is 11.3 Å². The second kappa shape index (κ2) is 6.89. The van der Waals surface area contributed by atoms with E-state index in [-0.39, 0.29) is 0 Å². The number of rotatable bonds is 5. The lowest BCUT2D eigenvalue weighted by Gasteiger charge is -2.04. The number of hydrogen-bond acceptors (Lipinski definition) is 1. The molecule has 0 aromatic heterocycles. The van der Waals surface area contributed by atoms with Gasteiger partial charge in [0.15, 0.2) is 0 Å². The minimum absolute atomic E-state index is 0.290. The van der Waals surface area contributed by atoms with Gasteiger partial charge in [-0.3, -0.25) is 0 Å². The van der Waals surface area contributed by atoms with Crippen molar-refractivity contribution in [2.24, 2.45) is 0 Å². The molecular formula is C8H14ClN. The maximum Gasteiger partial charge on any atom is 0.0621 e. The first kappa shape index (κ1) is 9.78. The number of nitriles is 1. The van der Waals surface area contributed by atoms with E-state index in [0.717, 1.165) is 25.7 Å². The van der Waals surface area contributed by atoms with Gasteiger partial charge in [-0.1, -0.05) is 13.3 Å². The Bertz CT molecular complexity index is 106. The van der Waals surface area contributed by atoms with E-state index in [4.69, 9.17) is 16.9 Å². The lowest BCUT2D eigenvalue weighted by atomic mass is 10.1. The van der Waals surface area contributed by atoms with E-state index in [1.807, 2.05) is 0 Å². The van der Waals surface area contributed by atoms with Crippen molar-refractivity contribution in [3.8, 4) is 6.07 Å². The summed E-state index contributed by atoms with van der Waals surface area (Å²) >= 11 is 5.91. The van der Waals surface area contributed by atoms with E-state index in [0.29, 0.717) is 11.8 Å². The van der Waals surface area contributed by atoms with Crippen LogP contribution in [0.4, 0.5) is 0 Å². The molecule has 0 aliphatic carbocycles. The highest BCUT2D eigenvalue weighted by atomic mass is 35.5. The van der Waals surface area contributed by atoms with Crippen LogP contribution in [0.25, 0.3) is 0 Å². The lowest BCUT2D eigenvalue weighted by Crippen LogP contribution is -1.96. The van der Waals surface area contributed by atoms with E-state index in [9.17, 15) is 0 Å². The molecule has 58 valence electrons. The fourth-order valence-electron chi connectivity index (χ4n) is 0.860. The van der Waals surface area contributed by atoms with Crippen LogP contribution in [-0.4, -0.2) is 5.38 Å². The molecule has 0 saturated heterocycles. The Hall–Kier alpha value is -0.220. The van der Waals surface area contributed by atoms with Crippen molar-refractivity contribution in [2.75, 3.05) is 0 Å².